The summed E-state index contributed by atoms with van der Waals surface area (Å²) < 4.78 is 0. The number of carbonyl (C=O) groups excluding carboxylic acids is 3. The number of halogens is 1. The van der Waals surface area contributed by atoms with Crippen molar-refractivity contribution in [2.45, 2.75) is 31.6 Å². The summed E-state index contributed by atoms with van der Waals surface area (Å²) in [5.41, 5.74) is 1.49. The maximum absolute atomic E-state index is 12.9. The number of carbonyl (C=O) groups is 3. The van der Waals surface area contributed by atoms with Gasteiger partial charge in [0.25, 0.3) is 11.8 Å². The molecule has 2 amide bonds. The smallest absolute Gasteiger partial charge is 0.329 e. The fourth-order valence-corrected chi connectivity index (χ4v) is 4.16. The van der Waals surface area contributed by atoms with Crippen LogP contribution in [0.25, 0.3) is 0 Å². The molecule has 0 aromatic heterocycles. The quantitative estimate of drug-likeness (QED) is 0.738. The van der Waals surface area contributed by atoms with E-state index < -0.39 is 23.7 Å². The van der Waals surface area contributed by atoms with Gasteiger partial charge < -0.3 is 4.84 Å². The summed E-state index contributed by atoms with van der Waals surface area (Å²) in [7, 11) is 0. The molecule has 2 aromatic carbocycles. The minimum absolute atomic E-state index is 0.0415. The molecular formula is C21H18ClNO4. The highest BCUT2D eigenvalue weighted by atomic mass is 35.5. The average Bonchev–Trinajstić information content (AvgIpc) is 2.93. The molecule has 138 valence electrons. The van der Waals surface area contributed by atoms with E-state index >= 15 is 0 Å². The van der Waals surface area contributed by atoms with Gasteiger partial charge in [0.2, 0.25) is 0 Å². The Hall–Kier alpha value is -2.66. The summed E-state index contributed by atoms with van der Waals surface area (Å²) in [6.07, 6.45) is 3.40. The van der Waals surface area contributed by atoms with Crippen molar-refractivity contribution < 1.29 is 19.2 Å². The van der Waals surface area contributed by atoms with Crippen LogP contribution in [0.3, 0.4) is 0 Å². The van der Waals surface area contributed by atoms with Crippen molar-refractivity contribution >= 4 is 29.4 Å². The summed E-state index contributed by atoms with van der Waals surface area (Å²) in [5.74, 6) is -2.20. The highest BCUT2D eigenvalue weighted by Crippen LogP contribution is 2.39. The van der Waals surface area contributed by atoms with Crippen LogP contribution in [0.5, 0.6) is 0 Å². The minimum atomic E-state index is -0.598. The lowest BCUT2D eigenvalue weighted by Gasteiger charge is -2.30. The van der Waals surface area contributed by atoms with Crippen LogP contribution in [0.1, 0.15) is 57.9 Å². The van der Waals surface area contributed by atoms with Gasteiger partial charge in [-0.2, -0.15) is 0 Å². The molecule has 2 aromatic rings. The third-order valence-electron chi connectivity index (χ3n) is 5.28. The van der Waals surface area contributed by atoms with Crippen molar-refractivity contribution in [3.05, 3.63) is 70.2 Å². The highest BCUT2D eigenvalue weighted by molar-refractivity contribution is 6.30. The molecule has 5 nitrogen and oxygen atoms in total. The number of fused-ring (bicyclic) bond motifs is 1. The Kier molecular flexibility index (Phi) is 4.70. The summed E-state index contributed by atoms with van der Waals surface area (Å²) in [6.45, 7) is 0. The summed E-state index contributed by atoms with van der Waals surface area (Å²) in [4.78, 5) is 43.0. The zero-order chi connectivity index (χ0) is 19.0. The average molecular weight is 384 g/mol. The van der Waals surface area contributed by atoms with Crippen molar-refractivity contribution in [3.63, 3.8) is 0 Å². The van der Waals surface area contributed by atoms with Crippen molar-refractivity contribution in [1.29, 1.82) is 0 Å². The second-order valence-electron chi connectivity index (χ2n) is 6.91. The minimum Gasteiger partial charge on any atom is -0.329 e. The van der Waals surface area contributed by atoms with E-state index in [1.807, 2.05) is 18.2 Å². The molecule has 1 aliphatic carbocycles. The first kappa shape index (κ1) is 17.7. The largest absolute Gasteiger partial charge is 0.336 e. The third-order valence-corrected chi connectivity index (χ3v) is 5.52. The lowest BCUT2D eigenvalue weighted by atomic mass is 9.75. The summed E-state index contributed by atoms with van der Waals surface area (Å²) in [5, 5.41) is 1.21. The van der Waals surface area contributed by atoms with E-state index in [9.17, 15) is 14.4 Å². The molecule has 1 saturated carbocycles. The fraction of sp³-hybridized carbons (Fsp3) is 0.286. The number of imide groups is 1. The van der Waals surface area contributed by atoms with E-state index in [0.29, 0.717) is 16.5 Å². The first-order chi connectivity index (χ1) is 13.1. The molecule has 0 saturated heterocycles. The Morgan fingerprint density at radius 2 is 1.63 bits per heavy atom. The number of amides is 2. The van der Waals surface area contributed by atoms with E-state index in [4.69, 9.17) is 16.4 Å². The van der Waals surface area contributed by atoms with E-state index in [0.717, 1.165) is 24.8 Å². The van der Waals surface area contributed by atoms with Gasteiger partial charge in [-0.15, -0.1) is 0 Å². The summed E-state index contributed by atoms with van der Waals surface area (Å²) >= 11 is 6.10. The standard InChI is InChI=1S/C21H18ClNO4/c22-14-7-5-6-13(12-14)15-8-1-4-11-18(15)21(26)27-23-19(24)16-9-2-3-10-17(16)20(23)25/h2-3,5-7,9-10,12,15,18H,1,4,8,11H2/t15-,18+/m0/s1. The lowest BCUT2D eigenvalue weighted by Crippen LogP contribution is -2.37. The first-order valence-electron chi connectivity index (χ1n) is 9.01. The van der Waals surface area contributed by atoms with Gasteiger partial charge in [-0.1, -0.05) is 53.8 Å². The van der Waals surface area contributed by atoms with Crippen molar-refractivity contribution in [2.24, 2.45) is 5.92 Å². The van der Waals surface area contributed by atoms with Crippen LogP contribution in [0, 0.1) is 5.92 Å². The van der Waals surface area contributed by atoms with Gasteiger partial charge >= 0.3 is 5.97 Å². The molecule has 0 unspecified atom stereocenters. The molecule has 1 aliphatic heterocycles. The Labute approximate surface area is 161 Å². The fourth-order valence-electron chi connectivity index (χ4n) is 3.96. The van der Waals surface area contributed by atoms with Gasteiger partial charge in [0.05, 0.1) is 17.0 Å². The van der Waals surface area contributed by atoms with Crippen molar-refractivity contribution in [3.8, 4) is 0 Å². The van der Waals surface area contributed by atoms with Crippen LogP contribution in [0.4, 0.5) is 0 Å². The Morgan fingerprint density at radius 1 is 0.963 bits per heavy atom. The SMILES string of the molecule is O=C(ON1C(=O)c2ccccc2C1=O)[C@@H]1CCCC[C@H]1c1cccc(Cl)c1. The molecule has 0 N–H and O–H groups in total. The predicted octanol–water partition coefficient (Wildman–Crippen LogP) is 4.37. The van der Waals surface area contributed by atoms with Crippen molar-refractivity contribution in [1.82, 2.24) is 5.06 Å². The number of benzene rings is 2. The first-order valence-corrected chi connectivity index (χ1v) is 9.39. The molecule has 0 bridgehead atoms. The van der Waals surface area contributed by atoms with E-state index in [1.54, 1.807) is 30.3 Å². The highest BCUT2D eigenvalue weighted by Gasteiger charge is 2.41. The maximum Gasteiger partial charge on any atom is 0.336 e. The van der Waals surface area contributed by atoms with Gasteiger partial charge in [0.15, 0.2) is 0 Å². The van der Waals surface area contributed by atoms with Crippen molar-refractivity contribution in [2.75, 3.05) is 0 Å². The number of hydroxylamine groups is 2. The summed E-state index contributed by atoms with van der Waals surface area (Å²) in [6, 6.07) is 13.9. The molecule has 1 fully saturated rings. The number of hydrogen-bond donors (Lipinski definition) is 0. The van der Waals surface area contributed by atoms with Crippen LogP contribution >= 0.6 is 11.6 Å². The van der Waals surface area contributed by atoms with E-state index in [1.165, 1.54) is 0 Å². The zero-order valence-electron chi connectivity index (χ0n) is 14.6. The molecule has 0 radical (unpaired) electrons. The molecule has 4 rings (SSSR count). The Bertz CT molecular complexity index is 891. The molecular weight excluding hydrogens is 366 g/mol. The molecule has 27 heavy (non-hydrogen) atoms. The Balaban J connectivity index is 1.55. The molecule has 1 heterocycles. The monoisotopic (exact) mass is 383 g/mol. The van der Waals surface area contributed by atoms with Gasteiger partial charge in [0, 0.05) is 5.02 Å². The number of hydrogen-bond acceptors (Lipinski definition) is 4. The van der Waals surface area contributed by atoms with Crippen LogP contribution in [0.2, 0.25) is 5.02 Å². The predicted molar refractivity (Wildman–Crippen MR) is 99.2 cm³/mol. The number of nitrogens with zero attached hydrogens (tertiary/aromatic N) is 1. The number of rotatable bonds is 3. The van der Waals surface area contributed by atoms with E-state index in [2.05, 4.69) is 0 Å². The molecule has 2 atom stereocenters. The maximum atomic E-state index is 12.9. The lowest BCUT2D eigenvalue weighted by molar-refractivity contribution is -0.175. The van der Waals surface area contributed by atoms with Crippen LogP contribution in [-0.2, 0) is 9.63 Å². The Morgan fingerprint density at radius 3 is 2.30 bits per heavy atom. The second kappa shape index (κ2) is 7.16. The van der Waals surface area contributed by atoms with Crippen LogP contribution < -0.4 is 0 Å². The molecule has 6 heteroatoms. The van der Waals surface area contributed by atoms with Crippen LogP contribution in [0.15, 0.2) is 48.5 Å². The van der Waals surface area contributed by atoms with Gasteiger partial charge in [0.1, 0.15) is 0 Å². The van der Waals surface area contributed by atoms with Gasteiger partial charge in [-0.25, -0.2) is 4.79 Å². The van der Waals surface area contributed by atoms with Gasteiger partial charge in [-0.05, 0) is 48.6 Å². The topological polar surface area (TPSA) is 63.7 Å². The van der Waals surface area contributed by atoms with E-state index in [-0.39, 0.29) is 17.0 Å². The third kappa shape index (κ3) is 3.23. The van der Waals surface area contributed by atoms with Crippen LogP contribution in [-0.4, -0.2) is 22.8 Å². The molecule has 0 spiro atoms. The second-order valence-corrected chi connectivity index (χ2v) is 7.35. The molecule has 2 aliphatic rings. The normalized spacial score (nSPS) is 21.9. The van der Waals surface area contributed by atoms with Gasteiger partial charge in [-0.3, -0.25) is 9.59 Å². The zero-order valence-corrected chi connectivity index (χ0v) is 15.3.